The van der Waals surface area contributed by atoms with E-state index in [0.29, 0.717) is 0 Å². The van der Waals surface area contributed by atoms with Crippen molar-refractivity contribution in [3.63, 3.8) is 0 Å². The summed E-state index contributed by atoms with van der Waals surface area (Å²) < 4.78 is 5.41. The number of allylic oxidation sites excluding steroid dienone is 3. The first-order chi connectivity index (χ1) is 8.43. The summed E-state index contributed by atoms with van der Waals surface area (Å²) in [5.41, 5.74) is 1.32. The molecule has 92 valence electrons. The Balaban J connectivity index is 2.04. The van der Waals surface area contributed by atoms with Crippen LogP contribution in [0, 0.1) is 0 Å². The summed E-state index contributed by atoms with van der Waals surface area (Å²) in [5, 5.41) is 0. The Morgan fingerprint density at radius 1 is 1.12 bits per heavy atom. The monoisotopic (exact) mass is 230 g/mol. The second kappa shape index (κ2) is 9.71. The van der Waals surface area contributed by atoms with Gasteiger partial charge < -0.3 is 4.74 Å². The second-order valence-electron chi connectivity index (χ2n) is 4.01. The molecule has 0 spiro atoms. The molecule has 0 amide bonds. The van der Waals surface area contributed by atoms with Crippen LogP contribution in [0.3, 0.4) is 0 Å². The Bertz CT molecular complexity index is 325. The van der Waals surface area contributed by atoms with Gasteiger partial charge in [-0.25, -0.2) is 0 Å². The van der Waals surface area contributed by atoms with E-state index in [4.69, 9.17) is 4.74 Å². The summed E-state index contributed by atoms with van der Waals surface area (Å²) >= 11 is 0. The van der Waals surface area contributed by atoms with Gasteiger partial charge in [0.05, 0.1) is 12.9 Å². The van der Waals surface area contributed by atoms with E-state index in [1.165, 1.54) is 18.4 Å². The standard InChI is InChI=1S/C16H22O/c1-2-3-4-5-6-10-14-17-15-13-16-11-8-7-9-12-16/h5-12,14H,2-4,13,15H2,1H3/b6-5+,14-10+. The first kappa shape index (κ1) is 13.6. The van der Waals surface area contributed by atoms with Crippen LogP contribution in [0.1, 0.15) is 31.7 Å². The molecular weight excluding hydrogens is 208 g/mol. The van der Waals surface area contributed by atoms with Crippen molar-refractivity contribution in [3.05, 3.63) is 60.4 Å². The van der Waals surface area contributed by atoms with Crippen molar-refractivity contribution < 1.29 is 4.74 Å². The van der Waals surface area contributed by atoms with Crippen LogP contribution in [0.15, 0.2) is 54.8 Å². The highest BCUT2D eigenvalue weighted by molar-refractivity contribution is 5.14. The predicted molar refractivity (Wildman–Crippen MR) is 73.9 cm³/mol. The molecule has 1 rings (SSSR count). The average molecular weight is 230 g/mol. The van der Waals surface area contributed by atoms with Gasteiger partial charge >= 0.3 is 0 Å². The molecule has 1 heteroatoms. The van der Waals surface area contributed by atoms with E-state index >= 15 is 0 Å². The van der Waals surface area contributed by atoms with Gasteiger partial charge in [0.2, 0.25) is 0 Å². The molecule has 0 atom stereocenters. The minimum Gasteiger partial charge on any atom is -0.501 e. The largest absolute Gasteiger partial charge is 0.501 e. The maximum absolute atomic E-state index is 5.41. The summed E-state index contributed by atoms with van der Waals surface area (Å²) in [7, 11) is 0. The van der Waals surface area contributed by atoms with Crippen LogP contribution in [-0.4, -0.2) is 6.61 Å². The van der Waals surface area contributed by atoms with Crippen molar-refractivity contribution in [3.8, 4) is 0 Å². The van der Waals surface area contributed by atoms with Gasteiger partial charge in [-0.1, -0.05) is 62.2 Å². The van der Waals surface area contributed by atoms with E-state index in [2.05, 4.69) is 43.3 Å². The second-order valence-corrected chi connectivity index (χ2v) is 4.01. The minimum atomic E-state index is 0.739. The van der Waals surface area contributed by atoms with E-state index in [1.54, 1.807) is 6.26 Å². The molecule has 0 saturated heterocycles. The molecule has 0 fully saturated rings. The smallest absolute Gasteiger partial charge is 0.0913 e. The van der Waals surface area contributed by atoms with Crippen LogP contribution in [-0.2, 0) is 11.2 Å². The van der Waals surface area contributed by atoms with E-state index in [0.717, 1.165) is 19.4 Å². The highest BCUT2D eigenvalue weighted by Crippen LogP contribution is 1.99. The summed E-state index contributed by atoms with van der Waals surface area (Å²) in [6.45, 7) is 2.94. The number of benzene rings is 1. The maximum Gasteiger partial charge on any atom is 0.0913 e. The van der Waals surface area contributed by atoms with Crippen molar-refractivity contribution in [1.29, 1.82) is 0 Å². The zero-order valence-electron chi connectivity index (χ0n) is 10.6. The zero-order chi connectivity index (χ0) is 12.2. The Kier molecular flexibility index (Phi) is 7.75. The first-order valence-corrected chi connectivity index (χ1v) is 6.40. The van der Waals surface area contributed by atoms with E-state index < -0.39 is 0 Å². The van der Waals surface area contributed by atoms with E-state index in [1.807, 2.05) is 12.1 Å². The SMILES string of the molecule is CCCC/C=C/C=C/OCCc1ccccc1. The molecule has 17 heavy (non-hydrogen) atoms. The molecule has 1 aromatic rings. The Hall–Kier alpha value is -1.50. The number of ether oxygens (including phenoxy) is 1. The third kappa shape index (κ3) is 7.40. The molecule has 1 aromatic carbocycles. The molecule has 0 aliphatic heterocycles. The minimum absolute atomic E-state index is 0.739. The molecular formula is C16H22O. The average Bonchev–Trinajstić information content (AvgIpc) is 2.38. The normalized spacial score (nSPS) is 11.4. The van der Waals surface area contributed by atoms with Crippen molar-refractivity contribution >= 4 is 0 Å². The van der Waals surface area contributed by atoms with Crippen molar-refractivity contribution in [2.45, 2.75) is 32.6 Å². The van der Waals surface area contributed by atoms with Crippen molar-refractivity contribution in [1.82, 2.24) is 0 Å². The van der Waals surface area contributed by atoms with Gasteiger partial charge in [-0.2, -0.15) is 0 Å². The topological polar surface area (TPSA) is 9.23 Å². The molecule has 1 nitrogen and oxygen atoms in total. The Morgan fingerprint density at radius 2 is 1.94 bits per heavy atom. The van der Waals surface area contributed by atoms with Crippen LogP contribution in [0.5, 0.6) is 0 Å². The van der Waals surface area contributed by atoms with Gasteiger partial charge in [0.1, 0.15) is 0 Å². The van der Waals surface area contributed by atoms with E-state index in [9.17, 15) is 0 Å². The van der Waals surface area contributed by atoms with Gasteiger partial charge in [0.15, 0.2) is 0 Å². The molecule has 0 aliphatic rings. The third-order valence-corrected chi connectivity index (χ3v) is 2.50. The van der Waals surface area contributed by atoms with Crippen LogP contribution in [0.2, 0.25) is 0 Å². The highest BCUT2D eigenvalue weighted by Gasteiger charge is 1.89. The molecule has 0 aliphatic carbocycles. The van der Waals surface area contributed by atoms with Gasteiger partial charge in [0.25, 0.3) is 0 Å². The van der Waals surface area contributed by atoms with Crippen LogP contribution >= 0.6 is 0 Å². The van der Waals surface area contributed by atoms with Crippen LogP contribution in [0.4, 0.5) is 0 Å². The summed E-state index contributed by atoms with van der Waals surface area (Å²) in [5.74, 6) is 0. The molecule has 0 N–H and O–H groups in total. The van der Waals surface area contributed by atoms with Crippen LogP contribution in [0.25, 0.3) is 0 Å². The quantitative estimate of drug-likeness (QED) is 0.363. The molecule has 0 saturated carbocycles. The zero-order valence-corrected chi connectivity index (χ0v) is 10.6. The molecule has 0 heterocycles. The lowest BCUT2D eigenvalue weighted by Gasteiger charge is -2.00. The predicted octanol–water partition coefficient (Wildman–Crippen LogP) is 4.51. The lowest BCUT2D eigenvalue weighted by molar-refractivity contribution is 0.254. The Morgan fingerprint density at radius 3 is 2.71 bits per heavy atom. The Labute approximate surface area is 105 Å². The third-order valence-electron chi connectivity index (χ3n) is 2.50. The number of hydrogen-bond donors (Lipinski definition) is 0. The summed E-state index contributed by atoms with van der Waals surface area (Å²) in [6.07, 6.45) is 12.6. The first-order valence-electron chi connectivity index (χ1n) is 6.40. The maximum atomic E-state index is 5.41. The molecule has 0 radical (unpaired) electrons. The number of hydrogen-bond acceptors (Lipinski definition) is 1. The fourth-order valence-electron chi connectivity index (χ4n) is 1.49. The lowest BCUT2D eigenvalue weighted by Crippen LogP contribution is -1.92. The fourth-order valence-corrected chi connectivity index (χ4v) is 1.49. The molecule has 0 bridgehead atoms. The van der Waals surface area contributed by atoms with Gasteiger partial charge in [-0.05, 0) is 18.1 Å². The van der Waals surface area contributed by atoms with E-state index in [-0.39, 0.29) is 0 Å². The van der Waals surface area contributed by atoms with Gasteiger partial charge in [0, 0.05) is 6.42 Å². The van der Waals surface area contributed by atoms with Crippen molar-refractivity contribution in [2.24, 2.45) is 0 Å². The highest BCUT2D eigenvalue weighted by atomic mass is 16.5. The lowest BCUT2D eigenvalue weighted by atomic mass is 10.2. The van der Waals surface area contributed by atoms with Gasteiger partial charge in [-0.3, -0.25) is 0 Å². The van der Waals surface area contributed by atoms with Crippen LogP contribution < -0.4 is 0 Å². The number of rotatable bonds is 8. The van der Waals surface area contributed by atoms with Gasteiger partial charge in [-0.15, -0.1) is 0 Å². The molecule has 0 aromatic heterocycles. The van der Waals surface area contributed by atoms with Crippen molar-refractivity contribution in [2.75, 3.05) is 6.61 Å². The summed E-state index contributed by atoms with van der Waals surface area (Å²) in [6, 6.07) is 10.4. The molecule has 0 unspecified atom stereocenters. The number of unbranched alkanes of at least 4 members (excludes halogenated alkanes) is 2. The summed E-state index contributed by atoms with van der Waals surface area (Å²) in [4.78, 5) is 0. The fraction of sp³-hybridized carbons (Fsp3) is 0.375.